The van der Waals surface area contributed by atoms with Crippen molar-refractivity contribution in [3.05, 3.63) is 12.2 Å². The van der Waals surface area contributed by atoms with Gasteiger partial charge in [0.05, 0.1) is 0 Å². The molecule has 0 amide bonds. The van der Waals surface area contributed by atoms with E-state index in [4.69, 9.17) is 0 Å². The van der Waals surface area contributed by atoms with Crippen LogP contribution in [0.4, 0.5) is 17.6 Å². The maximum atomic E-state index is 11.6. The molecule has 0 heterocycles. The zero-order valence-corrected chi connectivity index (χ0v) is 5.71. The summed E-state index contributed by atoms with van der Waals surface area (Å²) in [5, 5.41) is 0. The summed E-state index contributed by atoms with van der Waals surface area (Å²) in [6, 6.07) is 0. The highest BCUT2D eigenvalue weighted by atomic mass is 79.9. The average molecular weight is 207 g/mol. The maximum absolute atomic E-state index is 11.6. The van der Waals surface area contributed by atoms with Gasteiger partial charge in [0.25, 0.3) is 6.43 Å². The fourth-order valence-electron chi connectivity index (χ4n) is 0.182. The van der Waals surface area contributed by atoms with Crippen molar-refractivity contribution in [2.24, 2.45) is 0 Å². The van der Waals surface area contributed by atoms with Crippen LogP contribution < -0.4 is 0 Å². The van der Waals surface area contributed by atoms with Crippen LogP contribution in [0.2, 0.25) is 0 Å². The Balaban J connectivity index is 3.71. The molecule has 0 aromatic rings. The third kappa shape index (κ3) is 7.94. The number of hydrogen-bond acceptors (Lipinski definition) is 0. The Bertz CT molecular complexity index is 104. The van der Waals surface area contributed by atoms with Crippen molar-refractivity contribution in [2.75, 3.05) is 0 Å². The minimum absolute atomic E-state index is 0.0949. The molecule has 0 nitrogen and oxygen atoms in total. The van der Waals surface area contributed by atoms with Gasteiger partial charge in [0.1, 0.15) is 0 Å². The fraction of sp³-hybridized carbons (Fsp3) is 0.500. The van der Waals surface area contributed by atoms with Crippen LogP contribution in [-0.2, 0) is 0 Å². The first-order valence-corrected chi connectivity index (χ1v) is 2.75. The Morgan fingerprint density at radius 3 is 1.89 bits per heavy atom. The molecule has 0 rings (SSSR count). The molecule has 54 valence electrons. The number of rotatable bonds is 2. The van der Waals surface area contributed by atoms with Crippen molar-refractivity contribution in [2.45, 2.75) is 11.3 Å². The number of hydrogen-bond donors (Lipinski definition) is 0. The van der Waals surface area contributed by atoms with Gasteiger partial charge in [-0.3, -0.25) is 0 Å². The van der Waals surface area contributed by atoms with E-state index in [1.807, 2.05) is 15.9 Å². The summed E-state index contributed by atoms with van der Waals surface area (Å²) >= 11 is 1.85. The zero-order chi connectivity index (χ0) is 7.49. The van der Waals surface area contributed by atoms with Crippen LogP contribution in [0.5, 0.6) is 0 Å². The van der Waals surface area contributed by atoms with Crippen LogP contribution in [0.1, 0.15) is 0 Å². The second-order valence-corrected chi connectivity index (χ2v) is 2.29. The Labute approximate surface area is 57.7 Å². The average Bonchev–Trinajstić information content (AvgIpc) is 1.59. The van der Waals surface area contributed by atoms with Crippen molar-refractivity contribution in [3.8, 4) is 0 Å². The predicted molar refractivity (Wildman–Crippen MR) is 29.0 cm³/mol. The van der Waals surface area contributed by atoms with E-state index < -0.39 is 11.3 Å². The summed E-state index contributed by atoms with van der Waals surface area (Å²) in [5.41, 5.74) is 0. The highest BCUT2D eigenvalue weighted by Crippen LogP contribution is 2.23. The van der Waals surface area contributed by atoms with Crippen LogP contribution in [0.25, 0.3) is 0 Å². The van der Waals surface area contributed by atoms with E-state index in [0.717, 1.165) is 0 Å². The normalized spacial score (nSPS) is 13.6. The first-order chi connectivity index (χ1) is 3.92. The quantitative estimate of drug-likeness (QED) is 0.371. The van der Waals surface area contributed by atoms with Gasteiger partial charge in [0, 0.05) is 0 Å². The second-order valence-electron chi connectivity index (χ2n) is 1.24. The van der Waals surface area contributed by atoms with Crippen LogP contribution in [0, 0.1) is 0 Å². The standard InChI is InChI=1S/C4H3BrF4/c5-4(8,9)2-1-3(6)7/h1-3H. The molecule has 0 aliphatic rings. The van der Waals surface area contributed by atoms with Crippen molar-refractivity contribution in [1.29, 1.82) is 0 Å². The summed E-state index contributed by atoms with van der Waals surface area (Å²) in [4.78, 5) is -3.32. The number of allylic oxidation sites excluding steroid dienone is 2. The summed E-state index contributed by atoms with van der Waals surface area (Å²) in [6.07, 6.45) is -2.61. The van der Waals surface area contributed by atoms with E-state index in [9.17, 15) is 17.6 Å². The first-order valence-electron chi connectivity index (χ1n) is 1.96. The Morgan fingerprint density at radius 1 is 1.33 bits per heavy atom. The zero-order valence-electron chi connectivity index (χ0n) is 4.12. The highest BCUT2D eigenvalue weighted by Gasteiger charge is 2.18. The molecule has 0 spiro atoms. The molecule has 9 heavy (non-hydrogen) atoms. The third-order valence-electron chi connectivity index (χ3n) is 0.431. The molecular formula is C4H3BrF4. The van der Waals surface area contributed by atoms with Gasteiger partial charge in [0.2, 0.25) is 0 Å². The molecule has 0 bridgehead atoms. The molecule has 0 unspecified atom stereocenters. The van der Waals surface area contributed by atoms with Gasteiger partial charge in [-0.25, -0.2) is 8.78 Å². The minimum atomic E-state index is -3.32. The summed E-state index contributed by atoms with van der Waals surface area (Å²) in [7, 11) is 0. The van der Waals surface area contributed by atoms with Crippen LogP contribution in [0.3, 0.4) is 0 Å². The molecule has 0 aromatic heterocycles. The lowest BCUT2D eigenvalue weighted by molar-refractivity contribution is 0.162. The van der Waals surface area contributed by atoms with Crippen molar-refractivity contribution in [1.82, 2.24) is 0 Å². The topological polar surface area (TPSA) is 0 Å². The number of halogens is 5. The van der Waals surface area contributed by atoms with Crippen molar-refractivity contribution < 1.29 is 17.6 Å². The van der Waals surface area contributed by atoms with Crippen LogP contribution >= 0.6 is 15.9 Å². The molecule has 0 aromatic carbocycles. The van der Waals surface area contributed by atoms with E-state index in [1.165, 1.54) is 0 Å². The van der Waals surface area contributed by atoms with E-state index >= 15 is 0 Å². The van der Waals surface area contributed by atoms with Gasteiger partial charge < -0.3 is 0 Å². The van der Waals surface area contributed by atoms with E-state index in [0.29, 0.717) is 0 Å². The molecule has 0 fully saturated rings. The lowest BCUT2D eigenvalue weighted by atomic mass is 10.5. The first kappa shape index (κ1) is 8.94. The summed E-state index contributed by atoms with van der Waals surface area (Å²) in [5.74, 6) is 0. The fourth-order valence-corrected chi connectivity index (χ4v) is 0.334. The minimum Gasteiger partial charge on any atom is -0.206 e. The molecule has 0 aliphatic carbocycles. The SMILES string of the molecule is FC(F)C=CC(F)(F)Br. The lowest BCUT2D eigenvalue weighted by Crippen LogP contribution is -1.98. The largest absolute Gasteiger partial charge is 0.320 e. The monoisotopic (exact) mass is 206 g/mol. The molecule has 0 atom stereocenters. The van der Waals surface area contributed by atoms with E-state index in [2.05, 4.69) is 0 Å². The van der Waals surface area contributed by atoms with Gasteiger partial charge in [-0.2, -0.15) is 8.78 Å². The third-order valence-corrected chi connectivity index (χ3v) is 0.695. The predicted octanol–water partition coefficient (Wildman–Crippen LogP) is 2.80. The maximum Gasteiger partial charge on any atom is 0.320 e. The van der Waals surface area contributed by atoms with Gasteiger partial charge in [0.15, 0.2) is 0 Å². The Kier molecular flexibility index (Phi) is 3.17. The van der Waals surface area contributed by atoms with E-state index in [1.54, 1.807) is 0 Å². The van der Waals surface area contributed by atoms with E-state index in [-0.39, 0.29) is 12.2 Å². The Hall–Kier alpha value is -0.0600. The molecular weight excluding hydrogens is 204 g/mol. The van der Waals surface area contributed by atoms with Crippen LogP contribution in [0.15, 0.2) is 12.2 Å². The molecule has 0 aliphatic heterocycles. The molecule has 0 radical (unpaired) electrons. The molecule has 0 saturated carbocycles. The van der Waals surface area contributed by atoms with Gasteiger partial charge in [-0.15, -0.1) is 0 Å². The number of alkyl halides is 5. The van der Waals surface area contributed by atoms with Crippen molar-refractivity contribution >= 4 is 15.9 Å². The molecule has 0 saturated heterocycles. The smallest absolute Gasteiger partial charge is 0.206 e. The van der Waals surface area contributed by atoms with Gasteiger partial charge >= 0.3 is 4.83 Å². The molecule has 0 N–H and O–H groups in total. The summed E-state index contributed by atoms with van der Waals surface area (Å²) in [6.45, 7) is 0. The van der Waals surface area contributed by atoms with Crippen molar-refractivity contribution in [3.63, 3.8) is 0 Å². The highest BCUT2D eigenvalue weighted by molar-refractivity contribution is 9.10. The summed E-state index contributed by atoms with van der Waals surface area (Å²) < 4.78 is 45.4. The van der Waals surface area contributed by atoms with Crippen LogP contribution in [-0.4, -0.2) is 11.3 Å². The van der Waals surface area contributed by atoms with Gasteiger partial charge in [-0.05, 0) is 28.1 Å². The lowest BCUT2D eigenvalue weighted by Gasteiger charge is -1.97. The molecule has 5 heteroatoms. The second kappa shape index (κ2) is 3.20. The van der Waals surface area contributed by atoms with Gasteiger partial charge in [-0.1, -0.05) is 0 Å². The Morgan fingerprint density at radius 2 is 1.78 bits per heavy atom.